The van der Waals surface area contributed by atoms with Crippen LogP contribution in [0, 0.1) is 11.3 Å². The van der Waals surface area contributed by atoms with Crippen LogP contribution in [0.5, 0.6) is 0 Å². The lowest BCUT2D eigenvalue weighted by atomic mass is 9.85. The standard InChI is InChI=1S/C12H22N2O3/c1-11(2,3)8(9(15)16)14-10(17)12(4,13)7-5-6-7/h7-8H,5-6,13H2,1-4H3,(H,14,17)(H,15,16)/t8-,12?/m1/s1. The summed E-state index contributed by atoms with van der Waals surface area (Å²) in [5.41, 5.74) is 4.45. The fourth-order valence-corrected chi connectivity index (χ4v) is 1.80. The number of hydrogen-bond donors (Lipinski definition) is 3. The van der Waals surface area contributed by atoms with Gasteiger partial charge in [0.2, 0.25) is 5.91 Å². The van der Waals surface area contributed by atoms with Gasteiger partial charge in [0.15, 0.2) is 0 Å². The zero-order chi connectivity index (χ0) is 13.4. The summed E-state index contributed by atoms with van der Waals surface area (Å²) >= 11 is 0. The number of aliphatic carboxylic acids is 1. The molecular formula is C12H22N2O3. The summed E-state index contributed by atoms with van der Waals surface area (Å²) in [5, 5.41) is 11.7. The van der Waals surface area contributed by atoms with Crippen molar-refractivity contribution >= 4 is 11.9 Å². The van der Waals surface area contributed by atoms with E-state index in [2.05, 4.69) is 5.32 Å². The summed E-state index contributed by atoms with van der Waals surface area (Å²) in [6.07, 6.45) is 1.88. The SMILES string of the molecule is CC(N)(C(=O)N[C@H](C(=O)O)C(C)(C)C)C1CC1. The minimum absolute atomic E-state index is 0.178. The zero-order valence-corrected chi connectivity index (χ0v) is 10.9. The molecule has 1 aliphatic rings. The number of carboxylic acid groups (broad SMARTS) is 1. The minimum Gasteiger partial charge on any atom is -0.480 e. The largest absolute Gasteiger partial charge is 0.480 e. The molecular weight excluding hydrogens is 220 g/mol. The van der Waals surface area contributed by atoms with Gasteiger partial charge in [-0.15, -0.1) is 0 Å². The summed E-state index contributed by atoms with van der Waals surface area (Å²) < 4.78 is 0. The molecule has 98 valence electrons. The molecule has 0 aromatic rings. The molecule has 1 saturated carbocycles. The van der Waals surface area contributed by atoms with Gasteiger partial charge in [-0.25, -0.2) is 4.79 Å². The predicted molar refractivity (Wildman–Crippen MR) is 64.3 cm³/mol. The minimum atomic E-state index is -1.03. The first-order chi connectivity index (χ1) is 7.56. The first kappa shape index (κ1) is 14.0. The van der Waals surface area contributed by atoms with Gasteiger partial charge < -0.3 is 16.2 Å². The fourth-order valence-electron chi connectivity index (χ4n) is 1.80. The van der Waals surface area contributed by atoms with E-state index in [-0.39, 0.29) is 11.8 Å². The average Bonchev–Trinajstić information content (AvgIpc) is 2.93. The van der Waals surface area contributed by atoms with Gasteiger partial charge in [-0.05, 0) is 31.1 Å². The van der Waals surface area contributed by atoms with Crippen molar-refractivity contribution in [1.82, 2.24) is 5.32 Å². The van der Waals surface area contributed by atoms with Gasteiger partial charge in [0.05, 0.1) is 5.54 Å². The van der Waals surface area contributed by atoms with Crippen molar-refractivity contribution in [2.75, 3.05) is 0 Å². The highest BCUT2D eigenvalue weighted by Crippen LogP contribution is 2.38. The molecule has 1 fully saturated rings. The number of rotatable bonds is 4. The van der Waals surface area contributed by atoms with Gasteiger partial charge >= 0.3 is 5.97 Å². The second-order valence-corrected chi connectivity index (χ2v) is 6.17. The molecule has 0 radical (unpaired) electrons. The van der Waals surface area contributed by atoms with Crippen LogP contribution in [0.2, 0.25) is 0 Å². The molecule has 2 atom stereocenters. The smallest absolute Gasteiger partial charge is 0.326 e. The fraction of sp³-hybridized carbons (Fsp3) is 0.833. The average molecular weight is 242 g/mol. The maximum atomic E-state index is 12.0. The summed E-state index contributed by atoms with van der Waals surface area (Å²) in [6.45, 7) is 6.99. The Kier molecular flexibility index (Phi) is 3.52. The van der Waals surface area contributed by atoms with Gasteiger partial charge in [0, 0.05) is 0 Å². The van der Waals surface area contributed by atoms with Crippen LogP contribution >= 0.6 is 0 Å². The molecule has 17 heavy (non-hydrogen) atoms. The van der Waals surface area contributed by atoms with Gasteiger partial charge in [-0.3, -0.25) is 4.79 Å². The van der Waals surface area contributed by atoms with E-state index in [9.17, 15) is 9.59 Å². The lowest BCUT2D eigenvalue weighted by molar-refractivity contribution is -0.145. The Morgan fingerprint density at radius 1 is 1.29 bits per heavy atom. The van der Waals surface area contributed by atoms with Crippen LogP contribution < -0.4 is 11.1 Å². The summed E-state index contributed by atoms with van der Waals surface area (Å²) in [7, 11) is 0. The van der Waals surface area contributed by atoms with Crippen molar-refractivity contribution < 1.29 is 14.7 Å². The van der Waals surface area contributed by atoms with E-state index in [0.29, 0.717) is 0 Å². The van der Waals surface area contributed by atoms with E-state index in [0.717, 1.165) is 12.8 Å². The summed E-state index contributed by atoms with van der Waals surface area (Å²) in [6, 6.07) is -0.920. The number of carbonyl (C=O) groups excluding carboxylic acids is 1. The molecule has 5 nitrogen and oxygen atoms in total. The van der Waals surface area contributed by atoms with Crippen molar-refractivity contribution in [2.45, 2.75) is 52.1 Å². The number of nitrogens with one attached hydrogen (secondary N) is 1. The van der Waals surface area contributed by atoms with Crippen LogP contribution in [0.15, 0.2) is 0 Å². The van der Waals surface area contributed by atoms with Crippen molar-refractivity contribution in [1.29, 1.82) is 0 Å². The molecule has 1 aliphatic carbocycles. The molecule has 0 spiro atoms. The topological polar surface area (TPSA) is 92.4 Å². The maximum Gasteiger partial charge on any atom is 0.326 e. The summed E-state index contributed by atoms with van der Waals surface area (Å²) in [4.78, 5) is 23.1. The first-order valence-corrected chi connectivity index (χ1v) is 5.89. The monoisotopic (exact) mass is 242 g/mol. The number of amides is 1. The number of carbonyl (C=O) groups is 2. The zero-order valence-electron chi connectivity index (χ0n) is 10.9. The van der Waals surface area contributed by atoms with Crippen molar-refractivity contribution in [3.05, 3.63) is 0 Å². The third-order valence-electron chi connectivity index (χ3n) is 3.30. The molecule has 0 aromatic carbocycles. The van der Waals surface area contributed by atoms with Crippen molar-refractivity contribution in [3.8, 4) is 0 Å². The quantitative estimate of drug-likeness (QED) is 0.677. The molecule has 0 aromatic heterocycles. The van der Waals surface area contributed by atoms with Crippen LogP contribution in [0.3, 0.4) is 0 Å². The van der Waals surface area contributed by atoms with Gasteiger partial charge in [-0.2, -0.15) is 0 Å². The van der Waals surface area contributed by atoms with Crippen LogP contribution in [0.1, 0.15) is 40.5 Å². The lowest BCUT2D eigenvalue weighted by Gasteiger charge is -2.31. The van der Waals surface area contributed by atoms with E-state index in [1.54, 1.807) is 27.7 Å². The van der Waals surface area contributed by atoms with E-state index in [4.69, 9.17) is 10.8 Å². The maximum absolute atomic E-state index is 12.0. The Hall–Kier alpha value is -1.10. The summed E-state index contributed by atoms with van der Waals surface area (Å²) in [5.74, 6) is -1.23. The van der Waals surface area contributed by atoms with Crippen molar-refractivity contribution in [2.24, 2.45) is 17.1 Å². The Bertz CT molecular complexity index is 327. The number of nitrogens with two attached hydrogens (primary N) is 1. The molecule has 1 rings (SSSR count). The molecule has 4 N–H and O–H groups in total. The third-order valence-corrected chi connectivity index (χ3v) is 3.30. The van der Waals surface area contributed by atoms with Crippen LogP contribution in [-0.2, 0) is 9.59 Å². The van der Waals surface area contributed by atoms with E-state index in [1.807, 2.05) is 0 Å². The second kappa shape index (κ2) is 4.29. The Morgan fingerprint density at radius 2 is 1.76 bits per heavy atom. The van der Waals surface area contributed by atoms with Gasteiger partial charge in [0.25, 0.3) is 0 Å². The van der Waals surface area contributed by atoms with E-state index >= 15 is 0 Å². The normalized spacial score (nSPS) is 21.5. The molecule has 0 heterocycles. The van der Waals surface area contributed by atoms with Crippen LogP contribution in [0.4, 0.5) is 0 Å². The number of carboxylic acids is 1. The Labute approximate surface area is 102 Å². The van der Waals surface area contributed by atoms with E-state index < -0.39 is 23.0 Å². The highest BCUT2D eigenvalue weighted by molar-refractivity contribution is 5.90. The van der Waals surface area contributed by atoms with E-state index in [1.165, 1.54) is 0 Å². The predicted octanol–water partition coefficient (Wildman–Crippen LogP) is 0.729. The van der Waals surface area contributed by atoms with Gasteiger partial charge in [-0.1, -0.05) is 20.8 Å². The molecule has 5 heteroatoms. The van der Waals surface area contributed by atoms with Crippen LogP contribution in [0.25, 0.3) is 0 Å². The second-order valence-electron chi connectivity index (χ2n) is 6.17. The Morgan fingerprint density at radius 3 is 2.06 bits per heavy atom. The molecule has 0 aliphatic heterocycles. The molecule has 1 amide bonds. The highest BCUT2D eigenvalue weighted by Gasteiger charge is 2.46. The molecule has 0 bridgehead atoms. The molecule has 0 saturated heterocycles. The first-order valence-electron chi connectivity index (χ1n) is 5.89. The van der Waals surface area contributed by atoms with Gasteiger partial charge in [0.1, 0.15) is 6.04 Å². The van der Waals surface area contributed by atoms with Crippen molar-refractivity contribution in [3.63, 3.8) is 0 Å². The lowest BCUT2D eigenvalue weighted by Crippen LogP contribution is -2.59. The molecule has 1 unspecified atom stereocenters. The highest BCUT2D eigenvalue weighted by atomic mass is 16.4. The Balaban J connectivity index is 2.74. The third kappa shape index (κ3) is 3.19. The van der Waals surface area contributed by atoms with Crippen LogP contribution in [-0.4, -0.2) is 28.6 Å². The number of hydrogen-bond acceptors (Lipinski definition) is 3.